The second-order valence-electron chi connectivity index (χ2n) is 3.40. The predicted molar refractivity (Wildman–Crippen MR) is 73.8 cm³/mol. The van der Waals surface area contributed by atoms with Gasteiger partial charge in [0.25, 0.3) is 0 Å². The Morgan fingerprint density at radius 3 is 2.35 bits per heavy atom. The topological polar surface area (TPSA) is 54.4 Å². The summed E-state index contributed by atoms with van der Waals surface area (Å²) in [6, 6.07) is 4.29. The summed E-state index contributed by atoms with van der Waals surface area (Å²) < 4.78 is 20.8. The van der Waals surface area contributed by atoms with Crippen LogP contribution in [-0.4, -0.2) is 22.9 Å². The van der Waals surface area contributed by atoms with Crippen molar-refractivity contribution < 1.29 is 13.5 Å². The number of alkyl halides is 2. The molecular formula is C9H8BrCl3O3S. The molecule has 0 amide bonds. The Kier molecular flexibility index (Phi) is 4.78. The quantitative estimate of drug-likeness (QED) is 0.816. The molecule has 2 atom stereocenters. The molecule has 8 heteroatoms. The van der Waals surface area contributed by atoms with Crippen LogP contribution in [0, 0.1) is 0 Å². The highest BCUT2D eigenvalue weighted by atomic mass is 79.9. The lowest BCUT2D eigenvalue weighted by Gasteiger charge is -2.25. The van der Waals surface area contributed by atoms with E-state index < -0.39 is 19.1 Å². The fourth-order valence-electron chi connectivity index (χ4n) is 1.11. The highest BCUT2D eigenvalue weighted by molar-refractivity contribution is 9.12. The van der Waals surface area contributed by atoms with Crippen LogP contribution in [0.1, 0.15) is 11.7 Å². The van der Waals surface area contributed by atoms with Gasteiger partial charge in [-0.3, -0.25) is 0 Å². The van der Waals surface area contributed by atoms with Crippen molar-refractivity contribution in [2.75, 3.05) is 6.26 Å². The third kappa shape index (κ3) is 3.28. The first-order valence-electron chi connectivity index (χ1n) is 4.28. The van der Waals surface area contributed by atoms with Crippen LogP contribution in [-0.2, 0) is 9.84 Å². The number of benzene rings is 1. The number of hydrogen-bond acceptors (Lipinski definition) is 3. The first-order chi connectivity index (χ1) is 7.57. The summed E-state index contributed by atoms with van der Waals surface area (Å²) in [5.41, 5.74) is 0.174. The smallest absolute Gasteiger partial charge is 0.228 e. The average molecular weight is 382 g/mol. The first-order valence-corrected chi connectivity index (χ1v) is 8.09. The fourth-order valence-corrected chi connectivity index (χ4v) is 2.52. The summed E-state index contributed by atoms with van der Waals surface area (Å²) in [6.07, 6.45) is -0.620. The van der Waals surface area contributed by atoms with E-state index >= 15 is 0 Å². The zero-order valence-electron chi connectivity index (χ0n) is 8.49. The van der Waals surface area contributed by atoms with Gasteiger partial charge in [-0.15, -0.1) is 0 Å². The van der Waals surface area contributed by atoms with E-state index in [9.17, 15) is 13.5 Å². The molecule has 1 rings (SSSR count). The molecule has 17 heavy (non-hydrogen) atoms. The Hall–Kier alpha value is 0.480. The minimum atomic E-state index is -3.74. The van der Waals surface area contributed by atoms with Crippen LogP contribution >= 0.6 is 50.7 Å². The lowest BCUT2D eigenvalue weighted by Crippen LogP contribution is -2.32. The summed E-state index contributed by atoms with van der Waals surface area (Å²) in [7, 11) is -3.74. The molecule has 0 spiro atoms. The minimum absolute atomic E-state index is 0.137. The molecule has 0 saturated heterocycles. The van der Waals surface area contributed by atoms with Crippen LogP contribution in [0.25, 0.3) is 0 Å². The normalized spacial score (nSPS) is 17.5. The van der Waals surface area contributed by atoms with Crippen molar-refractivity contribution in [2.45, 2.75) is 9.22 Å². The molecule has 0 saturated carbocycles. The third-order valence-electron chi connectivity index (χ3n) is 2.07. The minimum Gasteiger partial charge on any atom is -0.384 e. The SMILES string of the molecule is CS(=O)(=O)[C@](Cl)(Br)[C@@H](O)c1ccc(Cl)cc1Cl. The molecular weight excluding hydrogens is 374 g/mol. The van der Waals surface area contributed by atoms with Crippen LogP contribution in [0.4, 0.5) is 0 Å². The molecule has 0 aliphatic carbocycles. The summed E-state index contributed by atoms with van der Waals surface area (Å²) in [5.74, 6) is 0. The molecule has 1 N–H and O–H groups in total. The van der Waals surface area contributed by atoms with Gasteiger partial charge in [0.15, 0.2) is 9.84 Å². The number of hydrogen-bond donors (Lipinski definition) is 1. The van der Waals surface area contributed by atoms with Crippen LogP contribution < -0.4 is 0 Å². The van der Waals surface area contributed by atoms with Gasteiger partial charge >= 0.3 is 0 Å². The molecule has 0 aromatic heterocycles. The largest absolute Gasteiger partial charge is 0.384 e. The van der Waals surface area contributed by atoms with Crippen LogP contribution in [0.2, 0.25) is 10.0 Å². The fraction of sp³-hybridized carbons (Fsp3) is 0.333. The van der Waals surface area contributed by atoms with E-state index in [2.05, 4.69) is 15.9 Å². The van der Waals surface area contributed by atoms with Gasteiger partial charge in [0, 0.05) is 21.9 Å². The summed E-state index contributed by atoms with van der Waals surface area (Å²) >= 11 is 20.1. The summed E-state index contributed by atoms with van der Waals surface area (Å²) in [4.78, 5) is 0. The highest BCUT2D eigenvalue weighted by Crippen LogP contribution is 2.44. The molecule has 0 radical (unpaired) electrons. The van der Waals surface area contributed by atoms with Crippen molar-refractivity contribution in [3.8, 4) is 0 Å². The summed E-state index contributed by atoms with van der Waals surface area (Å²) in [5, 5.41) is 10.5. The molecule has 0 fully saturated rings. The van der Waals surface area contributed by atoms with Gasteiger partial charge in [0.05, 0.1) is 0 Å². The summed E-state index contributed by atoms with van der Waals surface area (Å²) in [6.45, 7) is 0. The Balaban J connectivity index is 3.26. The maximum absolute atomic E-state index is 11.4. The molecule has 3 nitrogen and oxygen atoms in total. The van der Waals surface area contributed by atoms with E-state index in [1.807, 2.05) is 0 Å². The zero-order valence-corrected chi connectivity index (χ0v) is 13.2. The predicted octanol–water partition coefficient (Wildman–Crippen LogP) is 3.36. The van der Waals surface area contributed by atoms with Gasteiger partial charge in [0.1, 0.15) is 6.10 Å². The van der Waals surface area contributed by atoms with Crippen LogP contribution in [0.15, 0.2) is 18.2 Å². The average Bonchev–Trinajstić information content (AvgIpc) is 2.14. The molecule has 96 valence electrons. The van der Waals surface area contributed by atoms with E-state index in [4.69, 9.17) is 34.8 Å². The molecule has 0 aliphatic heterocycles. The molecule has 0 unspecified atom stereocenters. The van der Waals surface area contributed by atoms with E-state index in [0.717, 1.165) is 6.26 Å². The lowest BCUT2D eigenvalue weighted by atomic mass is 10.1. The van der Waals surface area contributed by atoms with Gasteiger partial charge in [-0.25, -0.2) is 8.42 Å². The van der Waals surface area contributed by atoms with Crippen molar-refractivity contribution >= 4 is 60.6 Å². The zero-order chi connectivity index (χ0) is 13.4. The van der Waals surface area contributed by atoms with Crippen molar-refractivity contribution in [3.63, 3.8) is 0 Å². The van der Waals surface area contributed by atoms with E-state index in [1.165, 1.54) is 18.2 Å². The highest BCUT2D eigenvalue weighted by Gasteiger charge is 2.44. The number of halogens is 4. The van der Waals surface area contributed by atoms with Crippen LogP contribution in [0.5, 0.6) is 0 Å². The maximum atomic E-state index is 11.4. The van der Waals surface area contributed by atoms with Gasteiger partial charge in [-0.2, -0.15) is 0 Å². The van der Waals surface area contributed by atoms with Gasteiger partial charge in [-0.05, 0) is 28.1 Å². The van der Waals surface area contributed by atoms with Crippen molar-refractivity contribution in [2.24, 2.45) is 0 Å². The second-order valence-corrected chi connectivity index (χ2v) is 9.49. The lowest BCUT2D eigenvalue weighted by molar-refractivity contribution is 0.185. The van der Waals surface area contributed by atoms with Crippen molar-refractivity contribution in [3.05, 3.63) is 33.8 Å². The molecule has 0 aliphatic rings. The molecule has 0 bridgehead atoms. The Morgan fingerprint density at radius 2 is 1.94 bits per heavy atom. The Labute approximate surface area is 123 Å². The van der Waals surface area contributed by atoms with E-state index in [0.29, 0.717) is 5.02 Å². The number of aliphatic hydroxyl groups excluding tert-OH is 1. The van der Waals surface area contributed by atoms with Gasteiger partial charge in [0.2, 0.25) is 3.12 Å². The van der Waals surface area contributed by atoms with Crippen molar-refractivity contribution in [1.82, 2.24) is 0 Å². The number of rotatable bonds is 3. The van der Waals surface area contributed by atoms with Crippen molar-refractivity contribution in [1.29, 1.82) is 0 Å². The molecule has 1 aromatic rings. The van der Waals surface area contributed by atoms with E-state index in [-0.39, 0.29) is 10.6 Å². The Bertz CT molecular complexity index is 530. The molecule has 1 aromatic carbocycles. The Morgan fingerprint density at radius 1 is 1.41 bits per heavy atom. The first kappa shape index (κ1) is 15.5. The van der Waals surface area contributed by atoms with Crippen LogP contribution in [0.3, 0.4) is 0 Å². The monoisotopic (exact) mass is 380 g/mol. The second kappa shape index (κ2) is 5.23. The van der Waals surface area contributed by atoms with Gasteiger partial charge in [-0.1, -0.05) is 40.9 Å². The van der Waals surface area contributed by atoms with E-state index in [1.54, 1.807) is 0 Å². The standard InChI is InChI=1S/C9H8BrCl3O3S/c1-17(15,16)9(10,13)8(14)6-3-2-5(11)4-7(6)12/h2-4,8,14H,1H3/t8-,9-/m0/s1. The third-order valence-corrected chi connectivity index (χ3v) is 7.09. The maximum Gasteiger partial charge on any atom is 0.228 e. The number of sulfone groups is 1. The number of aliphatic hydroxyl groups is 1. The molecule has 0 heterocycles. The van der Waals surface area contributed by atoms with Gasteiger partial charge < -0.3 is 5.11 Å².